The van der Waals surface area contributed by atoms with E-state index in [4.69, 9.17) is 4.74 Å². The molecule has 7 aromatic rings. The fraction of sp³-hybridized carbons (Fsp3) is 0.280. The number of hydrogen-bond acceptors (Lipinski definition) is 10. The van der Waals surface area contributed by atoms with Crippen LogP contribution in [-0.2, 0) is 13.1 Å². The molecule has 1 N–H and O–H groups in total. The molecule has 15 nitrogen and oxygen atoms in total. The predicted molar refractivity (Wildman–Crippen MR) is 248 cm³/mol. The Hall–Kier alpha value is -7.20. The van der Waals surface area contributed by atoms with Crippen LogP contribution in [0.15, 0.2) is 165 Å². The van der Waals surface area contributed by atoms with Crippen LogP contribution in [0.2, 0.25) is 0 Å². The standard InChI is InChI=1S/C22H25N5O2.C15H11N3O3.C13H20N2/c1-24(20-9-12-25(13-10-20)14-18-6-3-2-4-7-18)22(28)26-16-21(23-17-26)19-8-5-11-27(29)15-19;19-15(21-13-6-2-1-3-7-13)17-10-14(16-11-17)12-5-4-8-18(20)9-12;1-14-13-7-9-15(10-8-13)11-12-5-3-2-4-6-12/h2-8,11,15-17,20H,9-10,12-14H2,1H3;1-11H;2-6,13-14H,7-11H2,1H3. The molecule has 336 valence electrons. The number of nitrogens with one attached hydrogen (secondary N) is 1. The minimum Gasteiger partial charge on any atom is -0.619 e. The van der Waals surface area contributed by atoms with Crippen molar-refractivity contribution in [2.24, 2.45) is 0 Å². The molecule has 4 aromatic heterocycles. The molecular weight excluding hydrogens is 821 g/mol. The lowest BCUT2D eigenvalue weighted by Crippen LogP contribution is -2.46. The zero-order chi connectivity index (χ0) is 45.4. The van der Waals surface area contributed by atoms with Crippen molar-refractivity contribution in [3.63, 3.8) is 0 Å². The first-order valence-corrected chi connectivity index (χ1v) is 21.9. The Morgan fingerprint density at radius 3 is 1.62 bits per heavy atom. The maximum atomic E-state index is 12.9. The molecule has 0 saturated carbocycles. The number of nitrogens with zero attached hydrogens (tertiary/aromatic N) is 9. The molecule has 0 unspecified atom stereocenters. The quantitative estimate of drug-likeness (QED) is 0.120. The molecule has 0 spiro atoms. The van der Waals surface area contributed by atoms with Crippen LogP contribution in [0.5, 0.6) is 5.75 Å². The van der Waals surface area contributed by atoms with Crippen LogP contribution in [-0.4, -0.2) is 98.3 Å². The first-order chi connectivity index (χ1) is 31.7. The van der Waals surface area contributed by atoms with Crippen molar-refractivity contribution in [2.75, 3.05) is 40.3 Å². The van der Waals surface area contributed by atoms with Crippen LogP contribution in [0.4, 0.5) is 9.59 Å². The summed E-state index contributed by atoms with van der Waals surface area (Å²) in [7, 11) is 3.92. The summed E-state index contributed by atoms with van der Waals surface area (Å²) in [5, 5.41) is 26.1. The number of likely N-dealkylation sites (tertiary alicyclic amines) is 2. The Balaban J connectivity index is 0.000000154. The fourth-order valence-electron chi connectivity index (χ4n) is 7.87. The lowest BCUT2D eigenvalue weighted by Gasteiger charge is -2.36. The smallest absolute Gasteiger partial charge is 0.424 e. The number of ether oxygens (including phenoxy) is 1. The van der Waals surface area contributed by atoms with Gasteiger partial charge in [0.25, 0.3) is 0 Å². The molecule has 0 aliphatic carbocycles. The summed E-state index contributed by atoms with van der Waals surface area (Å²) in [5.41, 5.74) is 5.19. The average molecular weight is 877 g/mol. The first-order valence-electron chi connectivity index (χ1n) is 21.9. The van der Waals surface area contributed by atoms with Gasteiger partial charge in [-0.2, -0.15) is 9.46 Å². The molecule has 2 fully saturated rings. The summed E-state index contributed by atoms with van der Waals surface area (Å²) in [4.78, 5) is 40.0. The van der Waals surface area contributed by atoms with Gasteiger partial charge in [-0.25, -0.2) is 24.1 Å². The average Bonchev–Trinajstić information content (AvgIpc) is 4.06. The molecule has 2 aliphatic heterocycles. The Morgan fingerprint density at radius 2 is 1.12 bits per heavy atom. The lowest BCUT2D eigenvalue weighted by molar-refractivity contribution is -0.605. The molecule has 3 aromatic carbocycles. The van der Waals surface area contributed by atoms with Crippen molar-refractivity contribution in [2.45, 2.75) is 50.9 Å². The maximum absolute atomic E-state index is 12.9. The van der Waals surface area contributed by atoms with Crippen LogP contribution in [0, 0.1) is 10.4 Å². The van der Waals surface area contributed by atoms with Crippen LogP contribution in [0.3, 0.4) is 0 Å². The number of aromatic nitrogens is 6. The molecule has 2 aliphatic rings. The van der Waals surface area contributed by atoms with E-state index in [0.29, 0.717) is 33.0 Å². The van der Waals surface area contributed by atoms with Crippen LogP contribution < -0.4 is 19.5 Å². The molecule has 6 heterocycles. The molecule has 2 saturated heterocycles. The zero-order valence-electron chi connectivity index (χ0n) is 36.9. The number of para-hydroxylation sites is 1. The third-order valence-corrected chi connectivity index (χ3v) is 11.6. The predicted octanol–water partition coefficient (Wildman–Crippen LogP) is 6.85. The Kier molecular flexibility index (Phi) is 16.2. The molecular formula is C50H56N10O5. The van der Waals surface area contributed by atoms with E-state index in [2.05, 4.69) is 86.7 Å². The van der Waals surface area contributed by atoms with Crippen molar-refractivity contribution < 1.29 is 23.8 Å². The summed E-state index contributed by atoms with van der Waals surface area (Å²) in [6.07, 6.45) is 15.6. The van der Waals surface area contributed by atoms with Crippen molar-refractivity contribution in [1.82, 2.24) is 39.1 Å². The molecule has 65 heavy (non-hydrogen) atoms. The second-order valence-electron chi connectivity index (χ2n) is 16.1. The number of carbonyl (C=O) groups excluding carboxylic acids is 2. The number of rotatable bonds is 9. The Labute approximate surface area is 380 Å². The van der Waals surface area contributed by atoms with Crippen molar-refractivity contribution >= 4 is 12.1 Å². The number of amides is 1. The second kappa shape index (κ2) is 22.9. The number of benzene rings is 3. The van der Waals surface area contributed by atoms with E-state index in [1.54, 1.807) is 54.7 Å². The van der Waals surface area contributed by atoms with E-state index in [9.17, 15) is 20.0 Å². The molecule has 1 amide bonds. The number of imidazole rings is 2. The highest BCUT2D eigenvalue weighted by atomic mass is 16.6. The van der Waals surface area contributed by atoms with Gasteiger partial charge in [-0.15, -0.1) is 0 Å². The van der Waals surface area contributed by atoms with Gasteiger partial charge in [-0.3, -0.25) is 14.4 Å². The third-order valence-electron chi connectivity index (χ3n) is 11.6. The minimum atomic E-state index is -0.564. The summed E-state index contributed by atoms with van der Waals surface area (Å²) < 4.78 is 9.32. The fourth-order valence-corrected chi connectivity index (χ4v) is 7.87. The van der Waals surface area contributed by atoms with E-state index in [0.717, 1.165) is 49.8 Å². The van der Waals surface area contributed by atoms with Gasteiger partial charge in [-0.1, -0.05) is 78.9 Å². The zero-order valence-corrected chi connectivity index (χ0v) is 36.9. The highest BCUT2D eigenvalue weighted by molar-refractivity contribution is 5.78. The van der Waals surface area contributed by atoms with Gasteiger partial charge in [0.15, 0.2) is 24.8 Å². The van der Waals surface area contributed by atoms with Gasteiger partial charge >= 0.3 is 12.1 Å². The topological polar surface area (TPSA) is 155 Å². The van der Waals surface area contributed by atoms with E-state index in [1.807, 2.05) is 24.1 Å². The molecule has 15 heteroatoms. The van der Waals surface area contributed by atoms with E-state index in [1.165, 1.54) is 89.8 Å². The third kappa shape index (κ3) is 13.4. The molecule has 0 atom stereocenters. The molecule has 0 bridgehead atoms. The van der Waals surface area contributed by atoms with E-state index >= 15 is 0 Å². The molecule has 0 radical (unpaired) electrons. The Morgan fingerprint density at radius 1 is 0.662 bits per heavy atom. The van der Waals surface area contributed by atoms with Gasteiger partial charge in [0.1, 0.15) is 18.4 Å². The summed E-state index contributed by atoms with van der Waals surface area (Å²) >= 11 is 0. The van der Waals surface area contributed by atoms with Gasteiger partial charge < -0.3 is 25.4 Å². The largest absolute Gasteiger partial charge is 0.619 e. The maximum Gasteiger partial charge on any atom is 0.424 e. The van der Waals surface area contributed by atoms with Gasteiger partial charge in [0.05, 0.1) is 22.5 Å². The SMILES string of the molecule is CN(C(=O)n1cnc(-c2ccc[n+]([O-])c2)c1)C1CCN(Cc2ccccc2)CC1.CNC1CCN(Cc2ccccc2)CC1.O=C(Oc1ccccc1)n1cnc(-c2ccc[n+]([O-])c2)c1. The minimum absolute atomic E-state index is 0.101. The van der Waals surface area contributed by atoms with Gasteiger partial charge in [0.2, 0.25) is 0 Å². The summed E-state index contributed by atoms with van der Waals surface area (Å²) in [6, 6.07) is 37.7. The normalized spacial score (nSPS) is 14.6. The van der Waals surface area contributed by atoms with Crippen molar-refractivity contribution in [3.8, 4) is 28.3 Å². The Bertz CT molecular complexity index is 2540. The van der Waals surface area contributed by atoms with Crippen LogP contribution >= 0.6 is 0 Å². The number of pyridine rings is 2. The lowest BCUT2D eigenvalue weighted by atomic mass is 10.0. The van der Waals surface area contributed by atoms with E-state index < -0.39 is 6.09 Å². The van der Waals surface area contributed by atoms with Crippen LogP contribution in [0.25, 0.3) is 22.5 Å². The number of carbonyl (C=O) groups is 2. The highest BCUT2D eigenvalue weighted by Crippen LogP contribution is 2.21. The van der Waals surface area contributed by atoms with Gasteiger partial charge in [-0.05, 0) is 81.2 Å². The van der Waals surface area contributed by atoms with Crippen molar-refractivity contribution in [3.05, 3.63) is 187 Å². The monoisotopic (exact) mass is 876 g/mol. The summed E-state index contributed by atoms with van der Waals surface area (Å²) in [6.45, 7) is 6.45. The highest BCUT2D eigenvalue weighted by Gasteiger charge is 2.26. The first kappa shape index (κ1) is 45.8. The second-order valence-corrected chi connectivity index (χ2v) is 16.1. The molecule has 9 rings (SSSR count). The number of hydrogen-bond donors (Lipinski definition) is 1. The van der Waals surface area contributed by atoms with E-state index in [-0.39, 0.29) is 12.1 Å². The van der Waals surface area contributed by atoms with Gasteiger partial charge in [0, 0.05) is 69.8 Å². The number of piperidine rings is 2. The van der Waals surface area contributed by atoms with Crippen LogP contribution in [0.1, 0.15) is 36.8 Å². The summed E-state index contributed by atoms with van der Waals surface area (Å²) in [5.74, 6) is 0.454. The van der Waals surface area contributed by atoms with Crippen molar-refractivity contribution in [1.29, 1.82) is 0 Å².